The van der Waals surface area contributed by atoms with Crippen LogP contribution in [0, 0.1) is 22.9 Å². The van der Waals surface area contributed by atoms with Gasteiger partial charge in [0.25, 0.3) is 0 Å². The molecule has 0 unspecified atom stereocenters. The molecule has 0 saturated carbocycles. The van der Waals surface area contributed by atoms with E-state index in [2.05, 4.69) is 14.8 Å². The van der Waals surface area contributed by atoms with Crippen molar-refractivity contribution in [3.8, 4) is 5.75 Å². The Morgan fingerprint density at radius 3 is 2.48 bits per heavy atom. The summed E-state index contributed by atoms with van der Waals surface area (Å²) in [5, 5.41) is 10.8. The van der Waals surface area contributed by atoms with Crippen LogP contribution in [-0.2, 0) is 11.2 Å². The molecule has 1 fully saturated rings. The van der Waals surface area contributed by atoms with Crippen LogP contribution in [0.15, 0.2) is 41.4 Å². The average Bonchev–Trinajstić information content (AvgIpc) is 2.90. The van der Waals surface area contributed by atoms with Crippen LogP contribution in [0.3, 0.4) is 0 Å². The molecule has 2 aromatic carbocycles. The first-order valence-corrected chi connectivity index (χ1v) is 14.4. The molecule has 0 bridgehead atoms. The van der Waals surface area contributed by atoms with Crippen molar-refractivity contribution in [2.24, 2.45) is 5.41 Å². The molecule has 0 atom stereocenters. The highest BCUT2D eigenvalue weighted by Gasteiger charge is 2.36. The van der Waals surface area contributed by atoms with E-state index in [1.807, 2.05) is 38.5 Å². The van der Waals surface area contributed by atoms with E-state index in [9.17, 15) is 23.1 Å². The second-order valence-electron chi connectivity index (χ2n) is 10.7. The highest BCUT2D eigenvalue weighted by Crippen LogP contribution is 2.41. The SMILES string of the molecule is COc1ccc2ncc(N(C)C)c(CCCC3(CC(=O)O)CCN(CCSc4c(F)cc(F)cc4F)CC3)c2c1. The van der Waals surface area contributed by atoms with Crippen LogP contribution in [-0.4, -0.2) is 67.6 Å². The topological polar surface area (TPSA) is 65.9 Å². The molecule has 1 aliphatic heterocycles. The molecule has 10 heteroatoms. The van der Waals surface area contributed by atoms with Crippen LogP contribution < -0.4 is 9.64 Å². The summed E-state index contributed by atoms with van der Waals surface area (Å²) in [7, 11) is 5.63. The second-order valence-corrected chi connectivity index (χ2v) is 11.8. The maximum atomic E-state index is 14.0. The lowest BCUT2D eigenvalue weighted by molar-refractivity contribution is -0.140. The molecule has 0 aliphatic carbocycles. The molecule has 6 nitrogen and oxygen atoms in total. The number of aromatic nitrogens is 1. The number of nitrogens with zero attached hydrogens (tertiary/aromatic N) is 3. The molecule has 3 aromatic rings. The van der Waals surface area contributed by atoms with E-state index < -0.39 is 23.4 Å². The smallest absolute Gasteiger partial charge is 0.303 e. The van der Waals surface area contributed by atoms with Crippen molar-refractivity contribution in [3.63, 3.8) is 0 Å². The number of thioether (sulfide) groups is 1. The van der Waals surface area contributed by atoms with Gasteiger partial charge in [0.2, 0.25) is 0 Å². The lowest BCUT2D eigenvalue weighted by atomic mass is 9.72. The highest BCUT2D eigenvalue weighted by molar-refractivity contribution is 7.99. The Hall–Kier alpha value is -2.98. The third-order valence-corrected chi connectivity index (χ3v) is 8.90. The Morgan fingerprint density at radius 1 is 1.15 bits per heavy atom. The van der Waals surface area contributed by atoms with Crippen LogP contribution >= 0.6 is 11.8 Å². The maximum absolute atomic E-state index is 14.0. The van der Waals surface area contributed by atoms with Crippen LogP contribution in [0.25, 0.3) is 10.9 Å². The van der Waals surface area contributed by atoms with Gasteiger partial charge in [-0.2, -0.15) is 0 Å². The molecule has 0 radical (unpaired) electrons. The minimum absolute atomic E-state index is 0.118. The van der Waals surface area contributed by atoms with Crippen LogP contribution in [0.1, 0.15) is 37.7 Å². The van der Waals surface area contributed by atoms with E-state index in [1.165, 1.54) is 5.56 Å². The minimum Gasteiger partial charge on any atom is -0.497 e. The standard InChI is InChI=1S/C30H36F3N3O3S/c1-35(2)27-19-34-26-7-6-21(39-3)17-23(26)22(27)5-4-8-30(18-28(37)38)9-11-36(12-10-30)13-14-40-29-24(32)15-20(31)16-25(29)33/h6-7,15-17,19H,4-5,8-14,18H2,1-3H3,(H,37,38). The number of ether oxygens (including phenoxy) is 1. The number of benzene rings is 2. The number of pyridine rings is 1. The van der Waals surface area contributed by atoms with Crippen molar-refractivity contribution in [2.45, 2.75) is 43.4 Å². The third kappa shape index (κ3) is 7.20. The number of piperidine rings is 1. The van der Waals surface area contributed by atoms with Gasteiger partial charge in [0, 0.05) is 43.9 Å². The third-order valence-electron chi connectivity index (χ3n) is 7.84. The summed E-state index contributed by atoms with van der Waals surface area (Å²) in [6.07, 6.45) is 5.90. The van der Waals surface area contributed by atoms with E-state index in [0.717, 1.165) is 79.3 Å². The first-order valence-electron chi connectivity index (χ1n) is 13.5. The molecule has 1 aromatic heterocycles. The van der Waals surface area contributed by atoms with Crippen LogP contribution in [0.5, 0.6) is 5.75 Å². The van der Waals surface area contributed by atoms with Gasteiger partial charge in [-0.1, -0.05) is 0 Å². The second kappa shape index (κ2) is 13.1. The van der Waals surface area contributed by atoms with Gasteiger partial charge < -0.3 is 19.6 Å². The Balaban J connectivity index is 1.39. The molecular formula is C30H36F3N3O3S. The first-order chi connectivity index (χ1) is 19.1. The molecule has 0 spiro atoms. The number of hydrogen-bond donors (Lipinski definition) is 1. The number of hydrogen-bond acceptors (Lipinski definition) is 6. The molecule has 2 heterocycles. The lowest BCUT2D eigenvalue weighted by Gasteiger charge is -2.41. The van der Waals surface area contributed by atoms with E-state index >= 15 is 0 Å². The zero-order valence-electron chi connectivity index (χ0n) is 23.2. The Bertz CT molecular complexity index is 1320. The van der Waals surface area contributed by atoms with Crippen molar-refractivity contribution in [2.75, 3.05) is 51.5 Å². The molecular weight excluding hydrogens is 539 g/mol. The Morgan fingerprint density at radius 2 is 1.85 bits per heavy atom. The zero-order chi connectivity index (χ0) is 28.9. The van der Waals surface area contributed by atoms with Gasteiger partial charge in [-0.05, 0) is 74.4 Å². The maximum Gasteiger partial charge on any atom is 0.303 e. The average molecular weight is 576 g/mol. The van der Waals surface area contributed by atoms with Gasteiger partial charge in [0.05, 0.1) is 35.8 Å². The fourth-order valence-electron chi connectivity index (χ4n) is 5.66. The number of anilines is 1. The summed E-state index contributed by atoms with van der Waals surface area (Å²) in [6, 6.07) is 7.25. The summed E-state index contributed by atoms with van der Waals surface area (Å²) in [4.78, 5) is 20.6. The number of halogens is 3. The van der Waals surface area contributed by atoms with Crippen molar-refractivity contribution < 1.29 is 27.8 Å². The number of carboxylic acid groups (broad SMARTS) is 1. The summed E-state index contributed by atoms with van der Waals surface area (Å²) in [5.41, 5.74) is 2.81. The van der Waals surface area contributed by atoms with E-state index in [4.69, 9.17) is 4.74 Å². The van der Waals surface area contributed by atoms with Gasteiger partial charge in [-0.25, -0.2) is 13.2 Å². The Kier molecular flexibility index (Phi) is 9.84. The van der Waals surface area contributed by atoms with Gasteiger partial charge in [0.1, 0.15) is 23.2 Å². The van der Waals surface area contributed by atoms with Gasteiger partial charge in [0.15, 0.2) is 0 Å². The predicted molar refractivity (Wildman–Crippen MR) is 153 cm³/mol. The number of carboxylic acids is 1. The molecule has 0 amide bonds. The highest BCUT2D eigenvalue weighted by atomic mass is 32.2. The fourth-order valence-corrected chi connectivity index (χ4v) is 6.61. The van der Waals surface area contributed by atoms with E-state index in [1.54, 1.807) is 7.11 Å². The number of carbonyl (C=O) groups is 1. The normalized spacial score (nSPS) is 15.3. The van der Waals surface area contributed by atoms with E-state index in [-0.39, 0.29) is 16.7 Å². The molecule has 216 valence electrons. The summed E-state index contributed by atoms with van der Waals surface area (Å²) < 4.78 is 46.5. The molecule has 1 aliphatic rings. The number of rotatable bonds is 12. The first kappa shape index (κ1) is 30.0. The van der Waals surface area contributed by atoms with Crippen molar-refractivity contribution in [1.29, 1.82) is 0 Å². The van der Waals surface area contributed by atoms with Crippen LogP contribution in [0.4, 0.5) is 18.9 Å². The van der Waals surface area contributed by atoms with Gasteiger partial charge in [-0.3, -0.25) is 9.78 Å². The number of likely N-dealkylation sites (tertiary alicyclic amines) is 1. The summed E-state index contributed by atoms with van der Waals surface area (Å²) in [6.45, 7) is 2.06. The lowest BCUT2D eigenvalue weighted by Crippen LogP contribution is -2.42. The fraction of sp³-hybridized carbons (Fsp3) is 0.467. The minimum atomic E-state index is -0.931. The molecule has 40 heavy (non-hydrogen) atoms. The van der Waals surface area contributed by atoms with Gasteiger partial charge in [-0.15, -0.1) is 11.8 Å². The van der Waals surface area contributed by atoms with Gasteiger partial charge >= 0.3 is 5.97 Å². The number of fused-ring (bicyclic) bond motifs is 1. The predicted octanol–water partition coefficient (Wildman–Crippen LogP) is 6.40. The van der Waals surface area contributed by atoms with E-state index in [0.29, 0.717) is 24.4 Å². The number of aliphatic carboxylic acids is 1. The number of aryl methyl sites for hydroxylation is 1. The molecule has 1 N–H and O–H groups in total. The monoisotopic (exact) mass is 575 g/mol. The van der Waals surface area contributed by atoms with Crippen LogP contribution in [0.2, 0.25) is 0 Å². The molecule has 1 saturated heterocycles. The zero-order valence-corrected chi connectivity index (χ0v) is 24.0. The number of methoxy groups -OCH3 is 1. The summed E-state index contributed by atoms with van der Waals surface area (Å²) >= 11 is 1.03. The van der Waals surface area contributed by atoms with Crippen molar-refractivity contribution in [1.82, 2.24) is 9.88 Å². The Labute approximate surface area is 237 Å². The quantitative estimate of drug-likeness (QED) is 0.251. The van der Waals surface area contributed by atoms with Crippen molar-refractivity contribution >= 4 is 34.3 Å². The summed E-state index contributed by atoms with van der Waals surface area (Å²) in [5.74, 6) is -2.28. The largest absolute Gasteiger partial charge is 0.497 e. The molecule has 4 rings (SSSR count). The van der Waals surface area contributed by atoms with Crippen molar-refractivity contribution in [3.05, 3.63) is 59.5 Å².